The van der Waals surface area contributed by atoms with E-state index in [1.807, 2.05) is 0 Å². The van der Waals surface area contributed by atoms with Gasteiger partial charge in [0.15, 0.2) is 0 Å². The highest BCUT2D eigenvalue weighted by Gasteiger charge is 2.21. The number of carbonyl (C=O) groups is 2. The molecule has 2 N–H and O–H groups in total. The Morgan fingerprint density at radius 1 is 1.28 bits per heavy atom. The van der Waals surface area contributed by atoms with Crippen LogP contribution in [0.4, 0.5) is 4.79 Å². The van der Waals surface area contributed by atoms with Crippen LogP contribution in [0.15, 0.2) is 0 Å². The summed E-state index contributed by atoms with van der Waals surface area (Å²) in [4.78, 5) is 24.1. The number of carbonyl (C=O) groups excluding carboxylic acids is 1. The number of hydrogen-bond donors (Lipinski definition) is 2. The van der Waals surface area contributed by atoms with Crippen LogP contribution >= 0.6 is 0 Å². The van der Waals surface area contributed by atoms with Crippen molar-refractivity contribution < 1.29 is 14.7 Å². The molecule has 0 unspecified atom stereocenters. The fraction of sp³-hybridized carbons (Fsp3) is 0.846. The Morgan fingerprint density at radius 2 is 1.83 bits per heavy atom. The van der Waals surface area contributed by atoms with Crippen LogP contribution in [0.5, 0.6) is 0 Å². The lowest BCUT2D eigenvalue weighted by Gasteiger charge is -2.31. The van der Waals surface area contributed by atoms with Crippen LogP contribution in [0.25, 0.3) is 0 Å². The van der Waals surface area contributed by atoms with E-state index in [-0.39, 0.29) is 24.4 Å². The summed E-state index contributed by atoms with van der Waals surface area (Å²) >= 11 is 0. The molecule has 0 aromatic carbocycles. The lowest BCUT2D eigenvalue weighted by molar-refractivity contribution is -0.136. The fourth-order valence-electron chi connectivity index (χ4n) is 1.62. The van der Waals surface area contributed by atoms with Gasteiger partial charge < -0.3 is 15.3 Å². The Labute approximate surface area is 110 Å². The van der Waals surface area contributed by atoms with Gasteiger partial charge in [0, 0.05) is 19.6 Å². The van der Waals surface area contributed by atoms with Crippen LogP contribution < -0.4 is 5.32 Å². The summed E-state index contributed by atoms with van der Waals surface area (Å²) in [7, 11) is 0. The van der Waals surface area contributed by atoms with E-state index < -0.39 is 5.97 Å². The summed E-state index contributed by atoms with van der Waals surface area (Å²) in [6, 6.07) is -0.181. The van der Waals surface area contributed by atoms with Gasteiger partial charge in [0.2, 0.25) is 0 Å². The van der Waals surface area contributed by atoms with Crippen molar-refractivity contribution >= 4 is 12.0 Å². The third-order valence-electron chi connectivity index (χ3n) is 2.15. The lowest BCUT2D eigenvalue weighted by Crippen LogP contribution is -2.46. The number of aliphatic carboxylic acids is 1. The summed E-state index contributed by atoms with van der Waals surface area (Å²) < 4.78 is 0. The van der Waals surface area contributed by atoms with E-state index in [1.54, 1.807) is 4.90 Å². The van der Waals surface area contributed by atoms with E-state index >= 15 is 0 Å². The van der Waals surface area contributed by atoms with E-state index in [9.17, 15) is 9.59 Å². The van der Waals surface area contributed by atoms with Crippen molar-refractivity contribution in [3.05, 3.63) is 0 Å². The van der Waals surface area contributed by atoms with Gasteiger partial charge in [-0.1, -0.05) is 34.6 Å². The van der Waals surface area contributed by atoms with Crippen LogP contribution in [0, 0.1) is 11.3 Å². The molecule has 0 bridgehead atoms. The monoisotopic (exact) mass is 258 g/mol. The summed E-state index contributed by atoms with van der Waals surface area (Å²) in [5.41, 5.74) is 0.0268. The van der Waals surface area contributed by atoms with Gasteiger partial charge in [0.1, 0.15) is 0 Å². The van der Waals surface area contributed by atoms with Crippen LogP contribution in [0.3, 0.4) is 0 Å². The molecule has 0 saturated heterocycles. The topological polar surface area (TPSA) is 69.6 Å². The molecule has 0 aromatic rings. The molecule has 0 heterocycles. The second-order valence-electron chi connectivity index (χ2n) is 6.21. The molecule has 5 heteroatoms. The van der Waals surface area contributed by atoms with E-state index in [1.165, 1.54) is 0 Å². The number of amides is 2. The van der Waals surface area contributed by atoms with Crippen molar-refractivity contribution in [2.24, 2.45) is 11.3 Å². The molecule has 0 aliphatic carbocycles. The summed E-state index contributed by atoms with van der Waals surface area (Å²) in [5.74, 6) is -0.515. The third kappa shape index (κ3) is 8.84. The molecule has 0 rings (SSSR count). The predicted octanol–water partition coefficient (Wildman–Crippen LogP) is 2.17. The van der Waals surface area contributed by atoms with Gasteiger partial charge in [-0.2, -0.15) is 0 Å². The molecule has 0 aromatic heterocycles. The molecule has 0 radical (unpaired) electrons. The smallest absolute Gasteiger partial charge is 0.317 e. The van der Waals surface area contributed by atoms with Crippen molar-refractivity contribution in [2.45, 2.75) is 41.0 Å². The Bertz CT molecular complexity index is 282. The molecule has 0 atom stereocenters. The zero-order valence-corrected chi connectivity index (χ0v) is 12.1. The first-order valence-corrected chi connectivity index (χ1v) is 6.36. The molecule has 2 amide bonds. The van der Waals surface area contributed by atoms with Crippen molar-refractivity contribution in [1.29, 1.82) is 0 Å². The Balaban J connectivity index is 4.36. The maximum atomic E-state index is 12.0. The molecule has 0 saturated carbocycles. The van der Waals surface area contributed by atoms with Crippen LogP contribution in [-0.2, 0) is 4.79 Å². The molecular formula is C13H26N2O3. The first-order valence-electron chi connectivity index (χ1n) is 6.36. The molecule has 0 spiro atoms. The summed E-state index contributed by atoms with van der Waals surface area (Å²) in [6.07, 6.45) is -0.0449. The average Bonchev–Trinajstić information content (AvgIpc) is 2.12. The maximum Gasteiger partial charge on any atom is 0.317 e. The summed E-state index contributed by atoms with van der Waals surface area (Å²) in [5, 5.41) is 11.2. The minimum absolute atomic E-state index is 0.0268. The largest absolute Gasteiger partial charge is 0.481 e. The number of carboxylic acid groups (broad SMARTS) is 1. The van der Waals surface area contributed by atoms with Crippen molar-refractivity contribution in [1.82, 2.24) is 10.2 Å². The van der Waals surface area contributed by atoms with Gasteiger partial charge in [-0.3, -0.25) is 4.79 Å². The Morgan fingerprint density at radius 3 is 2.22 bits per heavy atom. The first kappa shape index (κ1) is 16.7. The minimum Gasteiger partial charge on any atom is -0.481 e. The zero-order chi connectivity index (χ0) is 14.3. The number of urea groups is 1. The van der Waals surface area contributed by atoms with E-state index in [2.05, 4.69) is 39.9 Å². The second kappa shape index (κ2) is 7.24. The molecule has 0 aliphatic rings. The van der Waals surface area contributed by atoms with E-state index in [0.29, 0.717) is 19.0 Å². The second-order valence-corrected chi connectivity index (χ2v) is 6.21. The van der Waals surface area contributed by atoms with Crippen molar-refractivity contribution in [3.8, 4) is 0 Å². The van der Waals surface area contributed by atoms with Crippen molar-refractivity contribution in [3.63, 3.8) is 0 Å². The molecular weight excluding hydrogens is 232 g/mol. The number of nitrogens with zero attached hydrogens (tertiary/aromatic N) is 1. The first-order chi connectivity index (χ1) is 8.11. The number of hydrogen-bond acceptors (Lipinski definition) is 2. The Kier molecular flexibility index (Phi) is 6.73. The average molecular weight is 258 g/mol. The Hall–Kier alpha value is -1.26. The van der Waals surface area contributed by atoms with Gasteiger partial charge >= 0.3 is 12.0 Å². The van der Waals surface area contributed by atoms with Gasteiger partial charge in [-0.05, 0) is 11.3 Å². The molecule has 5 nitrogen and oxygen atoms in total. The highest BCUT2D eigenvalue weighted by atomic mass is 16.4. The quantitative estimate of drug-likeness (QED) is 0.767. The molecule has 106 valence electrons. The van der Waals surface area contributed by atoms with Gasteiger partial charge in [-0.25, -0.2) is 4.79 Å². The zero-order valence-electron chi connectivity index (χ0n) is 12.1. The molecule has 0 fully saturated rings. The SMILES string of the molecule is CC(C)CN(CC(C)(C)C)C(=O)NCCC(=O)O. The van der Waals surface area contributed by atoms with Crippen LogP contribution in [0.2, 0.25) is 0 Å². The van der Waals surface area contributed by atoms with Crippen LogP contribution in [0.1, 0.15) is 41.0 Å². The highest BCUT2D eigenvalue weighted by molar-refractivity contribution is 5.75. The van der Waals surface area contributed by atoms with Gasteiger partial charge in [0.25, 0.3) is 0 Å². The fourth-order valence-corrected chi connectivity index (χ4v) is 1.62. The van der Waals surface area contributed by atoms with Crippen molar-refractivity contribution in [2.75, 3.05) is 19.6 Å². The van der Waals surface area contributed by atoms with E-state index in [4.69, 9.17) is 5.11 Å². The standard InChI is InChI=1S/C13H26N2O3/c1-10(2)8-15(9-13(3,4)5)12(18)14-7-6-11(16)17/h10H,6-9H2,1-5H3,(H,14,18)(H,16,17). The van der Waals surface area contributed by atoms with E-state index in [0.717, 1.165) is 0 Å². The molecule has 0 aliphatic heterocycles. The normalized spacial score (nSPS) is 11.4. The number of nitrogens with one attached hydrogen (secondary N) is 1. The highest BCUT2D eigenvalue weighted by Crippen LogP contribution is 2.16. The summed E-state index contributed by atoms with van der Waals surface area (Å²) in [6.45, 7) is 11.8. The molecule has 18 heavy (non-hydrogen) atoms. The predicted molar refractivity (Wildman–Crippen MR) is 71.5 cm³/mol. The van der Waals surface area contributed by atoms with Gasteiger partial charge in [0.05, 0.1) is 6.42 Å². The minimum atomic E-state index is -0.901. The van der Waals surface area contributed by atoms with Crippen LogP contribution in [-0.4, -0.2) is 41.6 Å². The maximum absolute atomic E-state index is 12.0. The number of carboxylic acids is 1. The third-order valence-corrected chi connectivity index (χ3v) is 2.15. The lowest BCUT2D eigenvalue weighted by atomic mass is 9.96. The number of rotatable bonds is 6. The van der Waals surface area contributed by atoms with Gasteiger partial charge in [-0.15, -0.1) is 0 Å².